The van der Waals surface area contributed by atoms with Crippen molar-refractivity contribution in [2.45, 2.75) is 89.6 Å². The lowest BCUT2D eigenvalue weighted by molar-refractivity contribution is -0.151. The zero-order valence-corrected chi connectivity index (χ0v) is 41.9. The van der Waals surface area contributed by atoms with E-state index in [0.717, 1.165) is 12.1 Å². The monoisotopic (exact) mass is 980 g/mol. The number of anilines is 1. The molecule has 68 heavy (non-hydrogen) atoms. The fourth-order valence-corrected chi connectivity index (χ4v) is 7.56. The van der Waals surface area contributed by atoms with Gasteiger partial charge in [0.05, 0.1) is 21.7 Å². The van der Waals surface area contributed by atoms with Crippen LogP contribution in [0.4, 0.5) is 5.69 Å². The molecule has 0 aromatic heterocycles. The Bertz CT molecular complexity index is 2510. The number of para-hydroxylation sites is 1. The van der Waals surface area contributed by atoms with Gasteiger partial charge in [0.2, 0.25) is 0 Å². The summed E-state index contributed by atoms with van der Waals surface area (Å²) in [5.74, 6) is -5.18. The molecule has 0 aliphatic carbocycles. The summed E-state index contributed by atoms with van der Waals surface area (Å²) in [4.78, 5) is 78.1. The quantitative estimate of drug-likeness (QED) is 0.0936. The Balaban J connectivity index is 1.54. The van der Waals surface area contributed by atoms with Crippen LogP contribution in [0.5, 0.6) is 28.7 Å². The van der Waals surface area contributed by atoms with E-state index in [1.54, 1.807) is 24.3 Å². The summed E-state index contributed by atoms with van der Waals surface area (Å²) in [5.41, 5.74) is -4.07. The minimum Gasteiger partial charge on any atom is -0.484 e. The second-order valence-corrected chi connectivity index (χ2v) is 22.2. The Kier molecular flexibility index (Phi) is 17.1. The van der Waals surface area contributed by atoms with E-state index in [1.807, 2.05) is 30.3 Å². The van der Waals surface area contributed by atoms with Gasteiger partial charge in [-0.3, -0.25) is 28.8 Å². The van der Waals surface area contributed by atoms with E-state index in [2.05, 4.69) is 10.6 Å². The van der Waals surface area contributed by atoms with E-state index < -0.39 is 85.2 Å². The number of hydrogen-bond donors (Lipinski definition) is 2. The number of carbonyl (C=O) groups excluding carboxylic acids is 6. The number of phosphoric acid groups is 2. The van der Waals surface area contributed by atoms with Crippen molar-refractivity contribution in [3.8, 4) is 28.7 Å². The highest BCUT2D eigenvalue weighted by atomic mass is 31.2. The molecule has 0 radical (unpaired) electrons. The fourth-order valence-electron chi connectivity index (χ4n) is 4.65. The molecule has 0 saturated carbocycles. The first-order valence-corrected chi connectivity index (χ1v) is 24.1. The molecule has 0 atom stereocenters. The molecule has 4 rings (SSSR count). The molecule has 0 bridgehead atoms. The van der Waals surface area contributed by atoms with Crippen molar-refractivity contribution >= 4 is 57.0 Å². The second-order valence-electron chi connectivity index (χ2n) is 19.4. The molecular weight excluding hydrogens is 922 g/mol. The minimum atomic E-state index is -5.31. The van der Waals surface area contributed by atoms with Gasteiger partial charge in [-0.05, 0) is 161 Å². The normalized spacial score (nSPS) is 12.1. The smallest absolute Gasteiger partial charge is 0.484 e. The fraction of sp³-hybridized carbons (Fsp3) is 0.375. The number of amides is 2. The van der Waals surface area contributed by atoms with E-state index >= 15 is 0 Å². The van der Waals surface area contributed by atoms with E-state index in [4.69, 9.17) is 36.6 Å². The minimum absolute atomic E-state index is 0.193. The summed E-state index contributed by atoms with van der Waals surface area (Å²) in [6.07, 6.45) is 0. The van der Waals surface area contributed by atoms with E-state index in [-0.39, 0.29) is 23.8 Å². The summed E-state index contributed by atoms with van der Waals surface area (Å²) in [7, 11) is -10.6. The van der Waals surface area contributed by atoms with E-state index in [9.17, 15) is 37.9 Å². The van der Waals surface area contributed by atoms with Gasteiger partial charge >= 0.3 is 39.5 Å². The summed E-state index contributed by atoms with van der Waals surface area (Å²) in [6.45, 7) is 16.6. The third kappa shape index (κ3) is 16.6. The molecule has 0 spiro atoms. The Morgan fingerprint density at radius 2 is 0.926 bits per heavy atom. The molecule has 20 heteroatoms. The van der Waals surface area contributed by atoms with Gasteiger partial charge in [-0.15, -0.1) is 0 Å². The van der Waals surface area contributed by atoms with Gasteiger partial charge in [0.25, 0.3) is 11.8 Å². The van der Waals surface area contributed by atoms with Crippen molar-refractivity contribution in [1.29, 1.82) is 0 Å². The van der Waals surface area contributed by atoms with Crippen molar-refractivity contribution in [3.05, 3.63) is 108 Å². The van der Waals surface area contributed by atoms with Crippen LogP contribution in [0.3, 0.4) is 0 Å². The highest BCUT2D eigenvalue weighted by molar-refractivity contribution is 7.50. The Labute approximate surface area is 395 Å². The molecule has 2 amide bonds. The lowest BCUT2D eigenvalue weighted by atomic mass is 9.98. The highest BCUT2D eigenvalue weighted by Gasteiger charge is 2.47. The molecule has 0 heterocycles. The number of carbonyl (C=O) groups is 6. The number of nitrogens with one attached hydrogen (secondary N) is 2. The first-order chi connectivity index (χ1) is 31.3. The summed E-state index contributed by atoms with van der Waals surface area (Å²) < 4.78 is 71.9. The Morgan fingerprint density at radius 3 is 1.38 bits per heavy atom. The zero-order chi connectivity index (χ0) is 50.9. The van der Waals surface area contributed by atoms with Crippen molar-refractivity contribution in [2.75, 3.05) is 11.9 Å². The third-order valence-electron chi connectivity index (χ3n) is 8.72. The lowest BCUT2D eigenvalue weighted by Gasteiger charge is -2.27. The molecule has 18 nitrogen and oxygen atoms in total. The topological polar surface area (TPSA) is 234 Å². The SMILES string of the molecule is CC(C)(C)C(=O)OP(=O)(OC(=O)C(C)(C)C)Oc1ccc(CNC(=O)COc2ccc(C(=O)Nc3ccc(Oc4ccccc4)cc3)cc2)cc1OP(=O)(OC(=O)C(C)(C)C)OC(=O)C(C)(C)C. The average Bonchev–Trinajstić information content (AvgIpc) is 3.22. The van der Waals surface area contributed by atoms with Gasteiger partial charge in [0.15, 0.2) is 18.1 Å². The van der Waals surface area contributed by atoms with Crippen LogP contribution in [-0.2, 0) is 57.7 Å². The van der Waals surface area contributed by atoms with Gasteiger partial charge in [0, 0.05) is 17.8 Å². The van der Waals surface area contributed by atoms with Gasteiger partial charge in [-0.2, -0.15) is 9.13 Å². The Hall–Kier alpha value is -6.64. The average molecular weight is 981 g/mol. The van der Waals surface area contributed by atoms with Crippen molar-refractivity contribution in [2.24, 2.45) is 21.7 Å². The first-order valence-electron chi connectivity index (χ1n) is 21.2. The molecule has 0 saturated heterocycles. The predicted octanol–water partition coefficient (Wildman–Crippen LogP) is 10.8. The number of rotatable bonds is 17. The van der Waals surface area contributed by atoms with E-state index in [0.29, 0.717) is 22.7 Å². The number of benzene rings is 4. The standard InChI is InChI=1S/C48H58N2O16P2/c1-45(2,3)41(53)63-67(57,64-42(54)46(4,5)6)61-37-27-18-31(28-38(37)62-68(58,65-43(55)47(7,8)9)66-44(56)48(10,11)12)29-49-39(51)30-59-34-23-19-32(20-24-34)40(52)50-33-21-25-36(26-22-33)60-35-16-14-13-15-17-35/h13-28H,29-30H2,1-12H3,(H,49,51)(H,50,52). The van der Waals surface area contributed by atoms with Crippen LogP contribution in [0.15, 0.2) is 97.1 Å². The van der Waals surface area contributed by atoms with Crippen LogP contribution in [0.1, 0.15) is 99.0 Å². The number of phosphoric ester groups is 2. The van der Waals surface area contributed by atoms with Crippen LogP contribution in [0.2, 0.25) is 0 Å². The maximum Gasteiger partial charge on any atom is 0.651 e. The van der Waals surface area contributed by atoms with Crippen LogP contribution in [-0.4, -0.2) is 42.3 Å². The summed E-state index contributed by atoms with van der Waals surface area (Å²) in [5, 5.41) is 5.43. The molecule has 2 N–H and O–H groups in total. The van der Waals surface area contributed by atoms with Crippen molar-refractivity contribution in [1.82, 2.24) is 5.32 Å². The molecule has 0 fully saturated rings. The van der Waals surface area contributed by atoms with Crippen LogP contribution in [0, 0.1) is 21.7 Å². The number of hydrogen-bond acceptors (Lipinski definition) is 16. The summed E-state index contributed by atoms with van der Waals surface area (Å²) in [6, 6.07) is 25.7. The molecule has 0 aliphatic rings. The largest absolute Gasteiger partial charge is 0.651 e. The van der Waals surface area contributed by atoms with Crippen LogP contribution in [0.25, 0.3) is 0 Å². The van der Waals surface area contributed by atoms with Gasteiger partial charge in [0.1, 0.15) is 17.2 Å². The summed E-state index contributed by atoms with van der Waals surface area (Å²) >= 11 is 0. The van der Waals surface area contributed by atoms with Crippen molar-refractivity contribution in [3.63, 3.8) is 0 Å². The molecular formula is C48H58N2O16P2. The maximum atomic E-state index is 14.3. The highest BCUT2D eigenvalue weighted by Crippen LogP contribution is 2.58. The lowest BCUT2D eigenvalue weighted by Crippen LogP contribution is -2.28. The first kappa shape index (κ1) is 54.0. The molecule has 0 unspecified atom stereocenters. The molecule has 4 aromatic carbocycles. The van der Waals surface area contributed by atoms with Crippen LogP contribution >= 0.6 is 15.6 Å². The van der Waals surface area contributed by atoms with Crippen molar-refractivity contribution < 1.29 is 74.5 Å². The zero-order valence-electron chi connectivity index (χ0n) is 40.1. The maximum absolute atomic E-state index is 14.3. The molecule has 0 aliphatic heterocycles. The molecule has 4 aromatic rings. The van der Waals surface area contributed by atoms with Gasteiger partial charge in [-0.25, -0.2) is 0 Å². The van der Waals surface area contributed by atoms with E-state index in [1.165, 1.54) is 113 Å². The Morgan fingerprint density at radius 1 is 0.500 bits per heavy atom. The molecule has 366 valence electrons. The number of ether oxygens (including phenoxy) is 2. The predicted molar refractivity (Wildman–Crippen MR) is 250 cm³/mol. The van der Waals surface area contributed by atoms with Gasteiger partial charge in [-0.1, -0.05) is 24.3 Å². The second kappa shape index (κ2) is 21.5. The van der Waals surface area contributed by atoms with Crippen LogP contribution < -0.4 is 29.2 Å². The third-order valence-corrected chi connectivity index (χ3v) is 11.1. The van der Waals surface area contributed by atoms with Gasteiger partial charge < -0.3 is 47.2 Å².